The van der Waals surface area contributed by atoms with Crippen LogP contribution in [0.15, 0.2) is 48.5 Å². The van der Waals surface area contributed by atoms with Crippen LogP contribution >= 0.6 is 12.4 Å². The molecular formula is C19H23ClN2O3. The highest BCUT2D eigenvalue weighted by molar-refractivity contribution is 5.95. The fourth-order valence-electron chi connectivity index (χ4n) is 2.75. The van der Waals surface area contributed by atoms with Gasteiger partial charge in [0.1, 0.15) is 12.4 Å². The van der Waals surface area contributed by atoms with Crippen LogP contribution < -0.4 is 15.4 Å². The number of benzene rings is 2. The number of hydrogen-bond acceptors (Lipinski definition) is 4. The lowest BCUT2D eigenvalue weighted by atomic mass is 9.95. The fraction of sp³-hybridized carbons (Fsp3) is 0.316. The molecule has 25 heavy (non-hydrogen) atoms. The maximum Gasteiger partial charge on any atom is 0.241 e. The Morgan fingerprint density at radius 2 is 1.84 bits per heavy atom. The monoisotopic (exact) mass is 362 g/mol. The van der Waals surface area contributed by atoms with Crippen LogP contribution in [0.25, 0.3) is 0 Å². The largest absolute Gasteiger partial charge is 0.491 e. The minimum absolute atomic E-state index is 0. The smallest absolute Gasteiger partial charge is 0.241 e. The summed E-state index contributed by atoms with van der Waals surface area (Å²) in [6.07, 6.45) is 0.709. The first-order valence-corrected chi connectivity index (χ1v) is 8.09. The van der Waals surface area contributed by atoms with Crippen LogP contribution in [0.1, 0.15) is 11.1 Å². The predicted molar refractivity (Wildman–Crippen MR) is 100 cm³/mol. The highest BCUT2D eigenvalue weighted by Crippen LogP contribution is 2.19. The summed E-state index contributed by atoms with van der Waals surface area (Å²) in [5.74, 6) is 0.743. The van der Waals surface area contributed by atoms with Gasteiger partial charge >= 0.3 is 0 Å². The molecule has 1 amide bonds. The van der Waals surface area contributed by atoms with Crippen molar-refractivity contribution in [3.8, 4) is 5.75 Å². The van der Waals surface area contributed by atoms with Gasteiger partial charge in [-0.2, -0.15) is 0 Å². The zero-order valence-electron chi connectivity index (χ0n) is 14.2. The van der Waals surface area contributed by atoms with E-state index in [9.17, 15) is 4.79 Å². The van der Waals surface area contributed by atoms with Crippen LogP contribution in [0.3, 0.4) is 0 Å². The first-order valence-electron chi connectivity index (χ1n) is 8.09. The lowest BCUT2D eigenvalue weighted by Gasteiger charge is -2.25. The van der Waals surface area contributed by atoms with Gasteiger partial charge in [-0.05, 0) is 41.8 Å². The molecule has 0 saturated carbocycles. The van der Waals surface area contributed by atoms with Gasteiger partial charge in [-0.3, -0.25) is 4.79 Å². The summed E-state index contributed by atoms with van der Waals surface area (Å²) in [5, 5.41) is 6.25. The van der Waals surface area contributed by atoms with Crippen molar-refractivity contribution in [2.45, 2.75) is 19.0 Å². The molecule has 0 spiro atoms. The predicted octanol–water partition coefficient (Wildman–Crippen LogP) is 2.79. The summed E-state index contributed by atoms with van der Waals surface area (Å²) in [4.78, 5) is 12.5. The van der Waals surface area contributed by atoms with Gasteiger partial charge in [-0.25, -0.2) is 0 Å². The maximum absolute atomic E-state index is 12.5. The van der Waals surface area contributed by atoms with E-state index in [0.717, 1.165) is 18.0 Å². The van der Waals surface area contributed by atoms with Crippen molar-refractivity contribution < 1.29 is 14.3 Å². The van der Waals surface area contributed by atoms with Crippen molar-refractivity contribution >= 4 is 24.0 Å². The third-order valence-corrected chi connectivity index (χ3v) is 4.08. The molecule has 0 fully saturated rings. The van der Waals surface area contributed by atoms with Gasteiger partial charge in [0.2, 0.25) is 5.91 Å². The number of hydrogen-bond donors (Lipinski definition) is 2. The number of anilines is 1. The molecule has 0 bridgehead atoms. The SMILES string of the molecule is COCCOc1ccc(NC(=O)C2Cc3ccccc3CN2)cc1.Cl. The van der Waals surface area contributed by atoms with Gasteiger partial charge in [0, 0.05) is 19.3 Å². The number of nitrogens with one attached hydrogen (secondary N) is 2. The summed E-state index contributed by atoms with van der Waals surface area (Å²) >= 11 is 0. The number of methoxy groups -OCH3 is 1. The van der Waals surface area contributed by atoms with E-state index in [4.69, 9.17) is 9.47 Å². The van der Waals surface area contributed by atoms with Gasteiger partial charge in [0.25, 0.3) is 0 Å². The second-order valence-electron chi connectivity index (χ2n) is 5.76. The van der Waals surface area contributed by atoms with Gasteiger partial charge < -0.3 is 20.1 Å². The highest BCUT2D eigenvalue weighted by Gasteiger charge is 2.23. The number of carbonyl (C=O) groups excluding carboxylic acids is 1. The van der Waals surface area contributed by atoms with E-state index in [1.54, 1.807) is 7.11 Å². The number of halogens is 1. The number of fused-ring (bicyclic) bond motifs is 1. The zero-order valence-corrected chi connectivity index (χ0v) is 15.0. The molecule has 6 heteroatoms. The standard InChI is InChI=1S/C19H22N2O3.ClH/c1-23-10-11-24-17-8-6-16(7-9-17)21-19(22)18-12-14-4-2-3-5-15(14)13-20-18;/h2-9,18,20H,10-13H2,1H3,(H,21,22);1H. The maximum atomic E-state index is 12.5. The Bertz CT molecular complexity index is 691. The first kappa shape index (κ1) is 19.2. The number of carbonyl (C=O) groups is 1. The molecule has 1 heterocycles. The van der Waals surface area contributed by atoms with Crippen molar-refractivity contribution in [1.82, 2.24) is 5.32 Å². The van der Waals surface area contributed by atoms with Gasteiger partial charge in [0.05, 0.1) is 12.6 Å². The Morgan fingerprint density at radius 1 is 1.12 bits per heavy atom. The molecule has 0 aromatic heterocycles. The minimum atomic E-state index is -0.211. The molecule has 0 radical (unpaired) electrons. The topological polar surface area (TPSA) is 59.6 Å². The van der Waals surface area contributed by atoms with Crippen LogP contribution in [-0.2, 0) is 22.5 Å². The molecule has 134 valence electrons. The summed E-state index contributed by atoms with van der Waals surface area (Å²) in [6.45, 7) is 1.78. The zero-order chi connectivity index (χ0) is 16.8. The Morgan fingerprint density at radius 3 is 2.56 bits per heavy atom. The molecule has 2 aromatic carbocycles. The third kappa shape index (κ3) is 5.19. The summed E-state index contributed by atoms with van der Waals surface area (Å²) in [7, 11) is 1.64. The Hall–Kier alpha value is -2.08. The summed E-state index contributed by atoms with van der Waals surface area (Å²) in [5.41, 5.74) is 3.26. The van der Waals surface area contributed by atoms with Crippen molar-refractivity contribution in [2.24, 2.45) is 0 Å². The van der Waals surface area contributed by atoms with E-state index in [1.165, 1.54) is 11.1 Å². The van der Waals surface area contributed by atoms with Gasteiger partial charge in [0.15, 0.2) is 0 Å². The molecule has 0 saturated heterocycles. The van der Waals surface area contributed by atoms with Gasteiger partial charge in [-0.15, -0.1) is 12.4 Å². The molecule has 2 N–H and O–H groups in total. The molecular weight excluding hydrogens is 340 g/mol. The second-order valence-corrected chi connectivity index (χ2v) is 5.76. The quantitative estimate of drug-likeness (QED) is 0.776. The first-order chi connectivity index (χ1) is 11.8. The van der Waals surface area contributed by atoms with Crippen molar-refractivity contribution in [1.29, 1.82) is 0 Å². The molecule has 1 aliphatic heterocycles. The van der Waals surface area contributed by atoms with E-state index in [2.05, 4.69) is 22.8 Å². The molecule has 5 nitrogen and oxygen atoms in total. The van der Waals surface area contributed by atoms with E-state index < -0.39 is 0 Å². The summed E-state index contributed by atoms with van der Waals surface area (Å²) in [6, 6.07) is 15.4. The van der Waals surface area contributed by atoms with E-state index in [0.29, 0.717) is 19.6 Å². The number of amides is 1. The van der Waals surface area contributed by atoms with Crippen LogP contribution in [-0.4, -0.2) is 32.3 Å². The van der Waals surface area contributed by atoms with Crippen molar-refractivity contribution in [2.75, 3.05) is 25.6 Å². The Kier molecular flexibility index (Phi) is 7.25. The molecule has 3 rings (SSSR count). The highest BCUT2D eigenvalue weighted by atomic mass is 35.5. The second kappa shape index (κ2) is 9.42. The number of ether oxygens (including phenoxy) is 2. The molecule has 1 unspecified atom stereocenters. The van der Waals surface area contributed by atoms with Crippen LogP contribution in [0.5, 0.6) is 5.75 Å². The average molecular weight is 363 g/mol. The van der Waals surface area contributed by atoms with Crippen LogP contribution in [0, 0.1) is 0 Å². The van der Waals surface area contributed by atoms with E-state index in [-0.39, 0.29) is 24.4 Å². The Balaban J connectivity index is 0.00000225. The fourth-order valence-corrected chi connectivity index (χ4v) is 2.75. The Labute approximate surface area is 154 Å². The summed E-state index contributed by atoms with van der Waals surface area (Å²) < 4.78 is 10.5. The average Bonchev–Trinajstić information content (AvgIpc) is 2.63. The van der Waals surface area contributed by atoms with E-state index >= 15 is 0 Å². The molecule has 2 aromatic rings. The minimum Gasteiger partial charge on any atom is -0.491 e. The molecule has 1 atom stereocenters. The van der Waals surface area contributed by atoms with E-state index in [1.807, 2.05) is 36.4 Å². The van der Waals surface area contributed by atoms with Crippen LogP contribution in [0.4, 0.5) is 5.69 Å². The lowest BCUT2D eigenvalue weighted by Crippen LogP contribution is -2.44. The molecule has 1 aliphatic rings. The van der Waals surface area contributed by atoms with Crippen molar-refractivity contribution in [3.63, 3.8) is 0 Å². The normalized spacial score (nSPS) is 15.6. The lowest BCUT2D eigenvalue weighted by molar-refractivity contribution is -0.118. The van der Waals surface area contributed by atoms with Crippen LogP contribution in [0.2, 0.25) is 0 Å². The molecule has 0 aliphatic carbocycles. The number of rotatable bonds is 6. The van der Waals surface area contributed by atoms with Gasteiger partial charge in [-0.1, -0.05) is 24.3 Å². The van der Waals surface area contributed by atoms with Crippen molar-refractivity contribution in [3.05, 3.63) is 59.7 Å². The third-order valence-electron chi connectivity index (χ3n) is 4.08.